The molecule has 0 heterocycles. The molecular formula is C7H5BrN2O2. The lowest BCUT2D eigenvalue weighted by Gasteiger charge is -2.15. The Kier molecular flexibility index (Phi) is 2.29. The van der Waals surface area contributed by atoms with Gasteiger partial charge in [-0.25, -0.2) is 0 Å². The highest BCUT2D eigenvalue weighted by Gasteiger charge is 2.37. The highest BCUT2D eigenvalue weighted by Crippen LogP contribution is 2.30. The number of hydrogen-bond acceptors (Lipinski definition) is 3. The summed E-state index contributed by atoms with van der Waals surface area (Å²) < 4.78 is -1.28. The van der Waals surface area contributed by atoms with E-state index in [1.807, 2.05) is 6.07 Å². The molecule has 1 aliphatic rings. The van der Waals surface area contributed by atoms with Crippen LogP contribution < -0.4 is 0 Å². The summed E-state index contributed by atoms with van der Waals surface area (Å²) in [5.41, 5.74) is 0.315. The zero-order valence-corrected chi connectivity index (χ0v) is 7.61. The van der Waals surface area contributed by atoms with E-state index in [9.17, 15) is 10.1 Å². The molecule has 0 aromatic carbocycles. The predicted molar refractivity (Wildman–Crippen MR) is 46.1 cm³/mol. The van der Waals surface area contributed by atoms with Crippen molar-refractivity contribution in [1.29, 1.82) is 5.26 Å². The molecule has 0 amide bonds. The van der Waals surface area contributed by atoms with Gasteiger partial charge in [0.1, 0.15) is 0 Å². The van der Waals surface area contributed by atoms with Crippen LogP contribution in [0.4, 0.5) is 0 Å². The van der Waals surface area contributed by atoms with Gasteiger partial charge in [0.05, 0.1) is 18.1 Å². The van der Waals surface area contributed by atoms with E-state index in [1.165, 1.54) is 6.08 Å². The van der Waals surface area contributed by atoms with Crippen LogP contribution in [0.1, 0.15) is 6.42 Å². The highest BCUT2D eigenvalue weighted by atomic mass is 79.9. The average molecular weight is 229 g/mol. The fourth-order valence-corrected chi connectivity index (χ4v) is 1.33. The number of nitrogens with zero attached hydrogens (tertiary/aromatic N) is 2. The third kappa shape index (κ3) is 1.53. The van der Waals surface area contributed by atoms with Crippen LogP contribution in [0.25, 0.3) is 0 Å². The third-order valence-corrected chi connectivity index (χ3v) is 2.35. The SMILES string of the molecule is N#CC1=CC(Br)([N+](=O)[O-])CC=C1. The van der Waals surface area contributed by atoms with Crippen molar-refractivity contribution < 1.29 is 4.92 Å². The van der Waals surface area contributed by atoms with E-state index in [0.29, 0.717) is 5.57 Å². The van der Waals surface area contributed by atoms with Gasteiger partial charge in [0, 0.05) is 26.9 Å². The van der Waals surface area contributed by atoms with Crippen molar-refractivity contribution in [2.45, 2.75) is 10.9 Å². The van der Waals surface area contributed by atoms with Gasteiger partial charge in [0.15, 0.2) is 0 Å². The highest BCUT2D eigenvalue weighted by molar-refractivity contribution is 9.10. The van der Waals surface area contributed by atoms with Gasteiger partial charge in [-0.05, 0) is 6.08 Å². The minimum absolute atomic E-state index is 0.269. The molecule has 62 valence electrons. The number of halogens is 1. The van der Waals surface area contributed by atoms with E-state index in [-0.39, 0.29) is 6.42 Å². The molecule has 0 bridgehead atoms. The van der Waals surface area contributed by atoms with Crippen LogP contribution >= 0.6 is 15.9 Å². The third-order valence-electron chi connectivity index (χ3n) is 1.51. The maximum atomic E-state index is 10.5. The van der Waals surface area contributed by atoms with Crippen molar-refractivity contribution in [3.63, 3.8) is 0 Å². The lowest BCUT2D eigenvalue weighted by molar-refractivity contribution is -0.521. The van der Waals surface area contributed by atoms with Gasteiger partial charge in [0.2, 0.25) is 0 Å². The molecule has 0 aromatic rings. The molecule has 0 spiro atoms. The van der Waals surface area contributed by atoms with Crippen LogP contribution in [-0.4, -0.2) is 9.37 Å². The van der Waals surface area contributed by atoms with Crippen LogP contribution in [0.3, 0.4) is 0 Å². The minimum atomic E-state index is -1.28. The smallest absolute Gasteiger partial charge is 0.263 e. The number of nitro groups is 1. The van der Waals surface area contributed by atoms with Gasteiger partial charge in [-0.3, -0.25) is 10.1 Å². The monoisotopic (exact) mass is 228 g/mol. The molecule has 0 N–H and O–H groups in total. The topological polar surface area (TPSA) is 66.9 Å². The van der Waals surface area contributed by atoms with E-state index in [2.05, 4.69) is 15.9 Å². The van der Waals surface area contributed by atoms with E-state index < -0.39 is 9.37 Å². The Labute approximate surface area is 77.5 Å². The Morgan fingerprint density at radius 3 is 3.00 bits per heavy atom. The summed E-state index contributed by atoms with van der Waals surface area (Å²) in [5.74, 6) is 0. The van der Waals surface area contributed by atoms with Crippen LogP contribution in [-0.2, 0) is 0 Å². The average Bonchev–Trinajstić information content (AvgIpc) is 2.04. The number of alkyl halides is 1. The van der Waals surface area contributed by atoms with E-state index >= 15 is 0 Å². The fourth-order valence-electron chi connectivity index (χ4n) is 0.893. The Hall–Kier alpha value is -1.15. The molecule has 12 heavy (non-hydrogen) atoms. The molecule has 0 saturated carbocycles. The Morgan fingerprint density at radius 1 is 1.83 bits per heavy atom. The summed E-state index contributed by atoms with van der Waals surface area (Å²) in [6.45, 7) is 0. The van der Waals surface area contributed by atoms with Gasteiger partial charge in [-0.2, -0.15) is 5.26 Å². The van der Waals surface area contributed by atoms with Gasteiger partial charge in [-0.15, -0.1) is 0 Å². The summed E-state index contributed by atoms with van der Waals surface area (Å²) >= 11 is 2.96. The quantitative estimate of drug-likeness (QED) is 0.298. The number of hydrogen-bond donors (Lipinski definition) is 0. The Morgan fingerprint density at radius 2 is 2.50 bits per heavy atom. The molecule has 0 aliphatic heterocycles. The van der Waals surface area contributed by atoms with E-state index in [4.69, 9.17) is 5.26 Å². The van der Waals surface area contributed by atoms with E-state index in [0.717, 1.165) is 0 Å². The first kappa shape index (κ1) is 8.94. The summed E-state index contributed by atoms with van der Waals surface area (Å²) in [6, 6.07) is 1.85. The molecule has 1 atom stereocenters. The maximum absolute atomic E-state index is 10.5. The van der Waals surface area contributed by atoms with Gasteiger partial charge in [0.25, 0.3) is 4.45 Å². The minimum Gasteiger partial charge on any atom is -0.263 e. The predicted octanol–water partition coefficient (Wildman–Crippen LogP) is 1.76. The lowest BCUT2D eigenvalue weighted by Crippen LogP contribution is -2.29. The van der Waals surface area contributed by atoms with Crippen molar-refractivity contribution in [3.05, 3.63) is 33.9 Å². The van der Waals surface area contributed by atoms with Gasteiger partial charge in [-0.1, -0.05) is 6.08 Å². The second kappa shape index (κ2) is 3.07. The largest absolute Gasteiger partial charge is 0.297 e. The first-order valence-corrected chi connectivity index (χ1v) is 4.01. The molecule has 0 radical (unpaired) electrons. The molecular weight excluding hydrogens is 224 g/mol. The molecule has 0 aromatic heterocycles. The zero-order valence-electron chi connectivity index (χ0n) is 6.03. The molecule has 1 rings (SSSR count). The van der Waals surface area contributed by atoms with Crippen molar-refractivity contribution in [1.82, 2.24) is 0 Å². The number of nitriles is 1. The van der Waals surface area contributed by atoms with Crippen LogP contribution in [0.15, 0.2) is 23.8 Å². The van der Waals surface area contributed by atoms with E-state index in [1.54, 1.807) is 12.2 Å². The summed E-state index contributed by atoms with van der Waals surface area (Å²) in [4.78, 5) is 10.1. The van der Waals surface area contributed by atoms with Gasteiger partial charge >= 0.3 is 0 Å². The second-order valence-corrected chi connectivity index (χ2v) is 3.77. The van der Waals surface area contributed by atoms with Crippen molar-refractivity contribution in [2.75, 3.05) is 0 Å². The van der Waals surface area contributed by atoms with Crippen molar-refractivity contribution >= 4 is 15.9 Å². The normalized spacial score (nSPS) is 27.5. The fraction of sp³-hybridized carbons (Fsp3) is 0.286. The molecule has 1 unspecified atom stereocenters. The summed E-state index contributed by atoms with van der Waals surface area (Å²) in [6.07, 6.45) is 4.76. The van der Waals surface area contributed by atoms with Crippen LogP contribution in [0, 0.1) is 21.4 Å². The first-order chi connectivity index (χ1) is 5.58. The molecule has 0 saturated heterocycles. The van der Waals surface area contributed by atoms with Crippen LogP contribution in [0.2, 0.25) is 0 Å². The molecule has 4 nitrogen and oxygen atoms in total. The molecule has 1 aliphatic carbocycles. The Balaban J connectivity index is 3.00. The number of rotatable bonds is 1. The maximum Gasteiger partial charge on any atom is 0.297 e. The molecule has 5 heteroatoms. The first-order valence-electron chi connectivity index (χ1n) is 3.21. The standard InChI is InChI=1S/C7H5BrN2O2/c8-7(10(11)12)3-1-2-6(4-7)5-9/h1-2,4H,3H2. The number of allylic oxidation sites excluding steroid dienone is 2. The Bertz CT molecular complexity index is 316. The zero-order chi connectivity index (χ0) is 9.19. The summed E-state index contributed by atoms with van der Waals surface area (Å²) in [5, 5.41) is 19.0. The lowest BCUT2D eigenvalue weighted by atomic mass is 10.0. The van der Waals surface area contributed by atoms with Crippen molar-refractivity contribution in [2.24, 2.45) is 0 Å². The molecule has 0 fully saturated rings. The van der Waals surface area contributed by atoms with Crippen molar-refractivity contribution in [3.8, 4) is 6.07 Å². The summed E-state index contributed by atoms with van der Waals surface area (Å²) in [7, 11) is 0. The second-order valence-electron chi connectivity index (χ2n) is 2.39. The van der Waals surface area contributed by atoms with Crippen LogP contribution in [0.5, 0.6) is 0 Å². The van der Waals surface area contributed by atoms with Gasteiger partial charge < -0.3 is 0 Å².